The number of nitrogens with zero attached hydrogens (tertiary/aromatic N) is 1. The highest BCUT2D eigenvalue weighted by Gasteiger charge is 2.28. The van der Waals surface area contributed by atoms with Crippen molar-refractivity contribution < 1.29 is 14.4 Å². The summed E-state index contributed by atoms with van der Waals surface area (Å²) in [7, 11) is 0. The topological polar surface area (TPSA) is 78.5 Å². The summed E-state index contributed by atoms with van der Waals surface area (Å²) < 4.78 is 0. The van der Waals surface area contributed by atoms with Gasteiger partial charge >= 0.3 is 6.03 Å². The lowest BCUT2D eigenvalue weighted by Crippen LogP contribution is -2.33. The van der Waals surface area contributed by atoms with Gasteiger partial charge in [-0.2, -0.15) is 0 Å². The Hall–Kier alpha value is -2.37. The van der Waals surface area contributed by atoms with Crippen LogP contribution in [0.1, 0.15) is 49.3 Å². The molecule has 1 fully saturated rings. The van der Waals surface area contributed by atoms with E-state index in [1.165, 1.54) is 16.0 Å². The van der Waals surface area contributed by atoms with Crippen molar-refractivity contribution in [3.05, 3.63) is 35.4 Å². The minimum atomic E-state index is -0.363. The van der Waals surface area contributed by atoms with Gasteiger partial charge < -0.3 is 10.6 Å². The Kier molecular flexibility index (Phi) is 5.13. The van der Waals surface area contributed by atoms with E-state index < -0.39 is 0 Å². The normalized spacial score (nSPS) is 20.3. The summed E-state index contributed by atoms with van der Waals surface area (Å²) in [5.74, 6) is -0.248. The van der Waals surface area contributed by atoms with Gasteiger partial charge in [-0.15, -0.1) is 0 Å². The van der Waals surface area contributed by atoms with Crippen LogP contribution < -0.4 is 10.6 Å². The van der Waals surface area contributed by atoms with E-state index in [4.69, 9.17) is 0 Å². The van der Waals surface area contributed by atoms with E-state index in [1.54, 1.807) is 0 Å². The first-order chi connectivity index (χ1) is 11.6. The summed E-state index contributed by atoms with van der Waals surface area (Å²) in [6.45, 7) is 0.350. The number of hydrogen-bond acceptors (Lipinski definition) is 3. The summed E-state index contributed by atoms with van der Waals surface area (Å²) in [4.78, 5) is 36.4. The summed E-state index contributed by atoms with van der Waals surface area (Å²) in [5, 5.41) is 5.60. The first kappa shape index (κ1) is 16.5. The number of rotatable bonds is 5. The van der Waals surface area contributed by atoms with Crippen molar-refractivity contribution in [3.63, 3.8) is 0 Å². The third-order valence-corrected chi connectivity index (χ3v) is 4.68. The Balaban J connectivity index is 1.52. The maximum Gasteiger partial charge on any atom is 0.324 e. The minimum Gasteiger partial charge on any atom is -0.349 e. The number of imide groups is 1. The molecule has 0 radical (unpaired) electrons. The van der Waals surface area contributed by atoms with Crippen LogP contribution in [0.4, 0.5) is 4.79 Å². The standard InChI is InChI=1S/C18H23N3O3/c22-16(10-5-11-21-17(23)12-19-18(21)24)20-15-9-4-2-7-13-6-1-3-8-14(13)15/h1,3,6,8,15H,2,4-5,7,9-12H2,(H,19,24)(H,20,22)/t15-/m0/s1. The zero-order valence-electron chi connectivity index (χ0n) is 13.7. The predicted octanol–water partition coefficient (Wildman–Crippen LogP) is 1.90. The van der Waals surface area contributed by atoms with Gasteiger partial charge in [0.15, 0.2) is 0 Å². The number of amides is 4. The molecule has 2 aliphatic rings. The molecule has 1 aromatic rings. The van der Waals surface area contributed by atoms with Crippen LogP contribution >= 0.6 is 0 Å². The predicted molar refractivity (Wildman–Crippen MR) is 89.2 cm³/mol. The third kappa shape index (κ3) is 3.75. The number of carbonyl (C=O) groups is 3. The van der Waals surface area contributed by atoms with Gasteiger partial charge in [-0.1, -0.05) is 30.7 Å². The molecule has 0 saturated carbocycles. The van der Waals surface area contributed by atoms with Crippen molar-refractivity contribution in [2.45, 2.75) is 44.6 Å². The van der Waals surface area contributed by atoms with E-state index in [-0.39, 0.29) is 30.4 Å². The van der Waals surface area contributed by atoms with Gasteiger partial charge in [-0.3, -0.25) is 14.5 Å². The average Bonchev–Trinajstić information content (AvgIpc) is 2.79. The molecule has 1 aromatic carbocycles. The molecule has 3 rings (SSSR count). The molecule has 1 heterocycles. The largest absolute Gasteiger partial charge is 0.349 e. The number of carbonyl (C=O) groups excluding carboxylic acids is 3. The van der Waals surface area contributed by atoms with E-state index >= 15 is 0 Å². The van der Waals surface area contributed by atoms with Crippen LogP contribution in [0.5, 0.6) is 0 Å². The molecule has 6 nitrogen and oxygen atoms in total. The van der Waals surface area contributed by atoms with Crippen LogP contribution in [0, 0.1) is 0 Å². The van der Waals surface area contributed by atoms with Gasteiger partial charge in [0, 0.05) is 13.0 Å². The molecule has 4 amide bonds. The van der Waals surface area contributed by atoms with E-state index in [0.29, 0.717) is 19.4 Å². The molecule has 128 valence electrons. The molecule has 1 aliphatic heterocycles. The van der Waals surface area contributed by atoms with E-state index in [9.17, 15) is 14.4 Å². The fourth-order valence-electron chi connectivity index (χ4n) is 3.42. The van der Waals surface area contributed by atoms with Crippen molar-refractivity contribution in [2.24, 2.45) is 0 Å². The molecule has 0 aromatic heterocycles. The molecule has 0 spiro atoms. The van der Waals surface area contributed by atoms with Crippen molar-refractivity contribution in [2.75, 3.05) is 13.1 Å². The lowest BCUT2D eigenvalue weighted by atomic mass is 9.99. The second kappa shape index (κ2) is 7.47. The highest BCUT2D eigenvalue weighted by atomic mass is 16.2. The smallest absolute Gasteiger partial charge is 0.324 e. The SMILES string of the molecule is O=C(CCCN1C(=O)CNC1=O)N[C@H]1CCCCc2ccccc21. The molecule has 2 N–H and O–H groups in total. The minimum absolute atomic E-state index is 0.0243. The number of urea groups is 1. The first-order valence-electron chi connectivity index (χ1n) is 8.60. The van der Waals surface area contributed by atoms with Crippen molar-refractivity contribution in [3.8, 4) is 0 Å². The zero-order chi connectivity index (χ0) is 16.9. The first-order valence-corrected chi connectivity index (χ1v) is 8.60. The lowest BCUT2D eigenvalue weighted by molar-refractivity contribution is -0.126. The van der Waals surface area contributed by atoms with Crippen molar-refractivity contribution in [1.82, 2.24) is 15.5 Å². The number of hydrogen-bond donors (Lipinski definition) is 2. The molecule has 24 heavy (non-hydrogen) atoms. The number of aryl methyl sites for hydroxylation is 1. The van der Waals surface area contributed by atoms with Gasteiger partial charge in [0.25, 0.3) is 0 Å². The molecule has 6 heteroatoms. The highest BCUT2D eigenvalue weighted by Crippen LogP contribution is 2.28. The Bertz CT molecular complexity index is 628. The molecule has 0 bridgehead atoms. The fourth-order valence-corrected chi connectivity index (χ4v) is 3.42. The maximum absolute atomic E-state index is 12.3. The van der Waals surface area contributed by atoms with Crippen LogP contribution in [0.25, 0.3) is 0 Å². The van der Waals surface area contributed by atoms with Crippen molar-refractivity contribution >= 4 is 17.8 Å². The van der Waals surface area contributed by atoms with E-state index in [1.807, 2.05) is 12.1 Å². The maximum atomic E-state index is 12.3. The molecular formula is C18H23N3O3. The van der Waals surface area contributed by atoms with Crippen LogP contribution in [0.15, 0.2) is 24.3 Å². The quantitative estimate of drug-likeness (QED) is 0.640. The molecule has 1 saturated heterocycles. The summed E-state index contributed by atoms with van der Waals surface area (Å²) >= 11 is 0. The average molecular weight is 329 g/mol. The Morgan fingerprint density at radius 1 is 1.25 bits per heavy atom. The summed E-state index contributed by atoms with van der Waals surface area (Å²) in [5.41, 5.74) is 2.54. The lowest BCUT2D eigenvalue weighted by Gasteiger charge is -2.20. The van der Waals surface area contributed by atoms with Gasteiger partial charge in [-0.25, -0.2) is 4.79 Å². The van der Waals surface area contributed by atoms with Gasteiger partial charge in [0.2, 0.25) is 11.8 Å². The molecule has 1 aliphatic carbocycles. The highest BCUT2D eigenvalue weighted by molar-refractivity contribution is 6.01. The van der Waals surface area contributed by atoms with Crippen LogP contribution in [-0.2, 0) is 16.0 Å². The molecule has 0 unspecified atom stereocenters. The van der Waals surface area contributed by atoms with E-state index in [2.05, 4.69) is 22.8 Å². The van der Waals surface area contributed by atoms with Crippen molar-refractivity contribution in [1.29, 1.82) is 0 Å². The summed E-state index contributed by atoms with van der Waals surface area (Å²) in [6.07, 6.45) is 5.07. The van der Waals surface area contributed by atoms with E-state index in [0.717, 1.165) is 25.7 Å². The Labute approximate surface area is 141 Å². The van der Waals surface area contributed by atoms with Crippen LogP contribution in [0.2, 0.25) is 0 Å². The third-order valence-electron chi connectivity index (χ3n) is 4.68. The van der Waals surface area contributed by atoms with Gasteiger partial charge in [0.05, 0.1) is 12.6 Å². The molecule has 1 atom stereocenters. The second-order valence-corrected chi connectivity index (χ2v) is 6.37. The number of benzene rings is 1. The van der Waals surface area contributed by atoms with Gasteiger partial charge in [0.1, 0.15) is 0 Å². The second-order valence-electron chi connectivity index (χ2n) is 6.37. The molecular weight excluding hydrogens is 306 g/mol. The van der Waals surface area contributed by atoms with Crippen LogP contribution in [0.3, 0.4) is 0 Å². The zero-order valence-corrected chi connectivity index (χ0v) is 13.7. The van der Waals surface area contributed by atoms with Gasteiger partial charge in [-0.05, 0) is 36.8 Å². The van der Waals surface area contributed by atoms with Crippen LogP contribution in [-0.4, -0.2) is 35.8 Å². The monoisotopic (exact) mass is 329 g/mol. The number of nitrogens with one attached hydrogen (secondary N) is 2. The fraction of sp³-hybridized carbons (Fsp3) is 0.500. The number of fused-ring (bicyclic) bond motifs is 1. The Morgan fingerprint density at radius 3 is 2.88 bits per heavy atom. The Morgan fingerprint density at radius 2 is 2.08 bits per heavy atom. The summed E-state index contributed by atoms with van der Waals surface area (Å²) in [6, 6.07) is 7.99.